The van der Waals surface area contributed by atoms with E-state index in [0.29, 0.717) is 13.0 Å². The molecule has 0 saturated carbocycles. The van der Waals surface area contributed by atoms with Gasteiger partial charge in [0.15, 0.2) is 0 Å². The Kier molecular flexibility index (Phi) is 5.20. The molecule has 3 aromatic rings. The standard InChI is InChI=1S/C19H19BrN2O2/c1-24-15-6-7-18-16(11-15)14(12-22-18)8-9-21-19(23)10-13-4-2-3-5-17(13)20/h2-7,11-12,22H,8-10H2,1H3,(H,21,23). The van der Waals surface area contributed by atoms with Crippen molar-refractivity contribution in [2.45, 2.75) is 12.8 Å². The largest absolute Gasteiger partial charge is 0.497 e. The van der Waals surface area contributed by atoms with E-state index in [2.05, 4.69) is 26.2 Å². The van der Waals surface area contributed by atoms with Gasteiger partial charge in [0.2, 0.25) is 5.91 Å². The number of halogens is 1. The molecule has 2 N–H and O–H groups in total. The van der Waals surface area contributed by atoms with Crippen LogP contribution in [-0.4, -0.2) is 24.5 Å². The van der Waals surface area contributed by atoms with Crippen molar-refractivity contribution in [3.63, 3.8) is 0 Å². The molecule has 0 radical (unpaired) electrons. The zero-order valence-corrected chi connectivity index (χ0v) is 15.0. The highest BCUT2D eigenvalue weighted by Gasteiger charge is 2.08. The fourth-order valence-corrected chi connectivity index (χ4v) is 3.13. The van der Waals surface area contributed by atoms with Crippen molar-refractivity contribution in [1.82, 2.24) is 10.3 Å². The zero-order chi connectivity index (χ0) is 16.9. The first kappa shape index (κ1) is 16.6. The molecule has 0 aliphatic heterocycles. The van der Waals surface area contributed by atoms with Crippen molar-refractivity contribution in [3.8, 4) is 5.75 Å². The molecule has 0 spiro atoms. The monoisotopic (exact) mass is 386 g/mol. The summed E-state index contributed by atoms with van der Waals surface area (Å²) in [4.78, 5) is 15.3. The van der Waals surface area contributed by atoms with Gasteiger partial charge >= 0.3 is 0 Å². The van der Waals surface area contributed by atoms with E-state index < -0.39 is 0 Å². The van der Waals surface area contributed by atoms with Gasteiger partial charge in [0.1, 0.15) is 5.75 Å². The van der Waals surface area contributed by atoms with Crippen LogP contribution in [0.5, 0.6) is 5.75 Å². The Morgan fingerprint density at radius 3 is 2.83 bits per heavy atom. The van der Waals surface area contributed by atoms with Crippen LogP contribution in [0.2, 0.25) is 0 Å². The lowest BCUT2D eigenvalue weighted by Gasteiger charge is -2.07. The summed E-state index contributed by atoms with van der Waals surface area (Å²) in [5.41, 5.74) is 3.24. The van der Waals surface area contributed by atoms with E-state index in [9.17, 15) is 4.79 Å². The van der Waals surface area contributed by atoms with Crippen LogP contribution in [0.1, 0.15) is 11.1 Å². The number of aromatic nitrogens is 1. The van der Waals surface area contributed by atoms with Gasteiger partial charge in [0.25, 0.3) is 0 Å². The number of H-pyrrole nitrogens is 1. The van der Waals surface area contributed by atoms with Crippen molar-refractivity contribution >= 4 is 32.7 Å². The number of benzene rings is 2. The van der Waals surface area contributed by atoms with Crippen molar-refractivity contribution in [2.24, 2.45) is 0 Å². The fourth-order valence-electron chi connectivity index (χ4n) is 2.71. The molecule has 2 aromatic carbocycles. The van der Waals surface area contributed by atoms with E-state index in [1.165, 1.54) is 5.56 Å². The second-order valence-corrected chi connectivity index (χ2v) is 6.45. The number of nitrogens with one attached hydrogen (secondary N) is 2. The summed E-state index contributed by atoms with van der Waals surface area (Å²) in [6, 6.07) is 13.7. The normalized spacial score (nSPS) is 10.8. The summed E-state index contributed by atoms with van der Waals surface area (Å²) < 4.78 is 6.24. The van der Waals surface area contributed by atoms with Gasteiger partial charge in [-0.05, 0) is 41.8 Å². The van der Waals surface area contributed by atoms with Crippen LogP contribution >= 0.6 is 15.9 Å². The molecule has 0 bridgehead atoms. The Hall–Kier alpha value is -2.27. The van der Waals surface area contributed by atoms with Crippen LogP contribution < -0.4 is 10.1 Å². The maximum absolute atomic E-state index is 12.1. The minimum Gasteiger partial charge on any atom is -0.497 e. The quantitative estimate of drug-likeness (QED) is 0.675. The predicted octanol–water partition coefficient (Wildman–Crippen LogP) is 3.84. The predicted molar refractivity (Wildman–Crippen MR) is 99.4 cm³/mol. The number of methoxy groups -OCH3 is 1. The summed E-state index contributed by atoms with van der Waals surface area (Å²) in [6.45, 7) is 0.605. The molecule has 1 heterocycles. The average molecular weight is 387 g/mol. The molecular weight excluding hydrogens is 368 g/mol. The number of ether oxygens (including phenoxy) is 1. The second-order valence-electron chi connectivity index (χ2n) is 5.59. The first-order valence-corrected chi connectivity index (χ1v) is 8.61. The number of aromatic amines is 1. The summed E-state index contributed by atoms with van der Waals surface area (Å²) in [5, 5.41) is 4.12. The molecule has 4 nitrogen and oxygen atoms in total. The van der Waals surface area contributed by atoms with Crippen LogP contribution in [0.15, 0.2) is 53.1 Å². The Bertz CT molecular complexity index is 857. The van der Waals surface area contributed by atoms with E-state index in [-0.39, 0.29) is 5.91 Å². The number of fused-ring (bicyclic) bond motifs is 1. The van der Waals surface area contributed by atoms with Gasteiger partial charge in [0.05, 0.1) is 13.5 Å². The van der Waals surface area contributed by atoms with Crippen LogP contribution in [0, 0.1) is 0 Å². The van der Waals surface area contributed by atoms with Crippen LogP contribution in [0.3, 0.4) is 0 Å². The molecule has 0 unspecified atom stereocenters. The molecule has 0 saturated heterocycles. The van der Waals surface area contributed by atoms with Gasteiger partial charge in [-0.2, -0.15) is 0 Å². The van der Waals surface area contributed by atoms with E-state index in [1.54, 1.807) is 7.11 Å². The summed E-state index contributed by atoms with van der Waals surface area (Å²) in [6.07, 6.45) is 3.14. The van der Waals surface area contributed by atoms with E-state index >= 15 is 0 Å². The van der Waals surface area contributed by atoms with Gasteiger partial charge < -0.3 is 15.0 Å². The van der Waals surface area contributed by atoms with E-state index in [0.717, 1.165) is 33.1 Å². The molecule has 1 aromatic heterocycles. The van der Waals surface area contributed by atoms with Crippen molar-refractivity contribution in [3.05, 3.63) is 64.3 Å². The molecule has 1 amide bonds. The highest BCUT2D eigenvalue weighted by Crippen LogP contribution is 2.23. The highest BCUT2D eigenvalue weighted by molar-refractivity contribution is 9.10. The Balaban J connectivity index is 1.58. The third-order valence-electron chi connectivity index (χ3n) is 4.00. The first-order chi connectivity index (χ1) is 11.7. The first-order valence-electron chi connectivity index (χ1n) is 7.81. The molecule has 24 heavy (non-hydrogen) atoms. The van der Waals surface area contributed by atoms with E-state index in [4.69, 9.17) is 4.74 Å². The lowest BCUT2D eigenvalue weighted by atomic mass is 10.1. The van der Waals surface area contributed by atoms with Crippen LogP contribution in [-0.2, 0) is 17.6 Å². The molecule has 0 aliphatic rings. The molecule has 124 valence electrons. The molecule has 0 fully saturated rings. The van der Waals surface area contributed by atoms with E-state index in [1.807, 2.05) is 48.7 Å². The SMILES string of the molecule is COc1ccc2[nH]cc(CCNC(=O)Cc3ccccc3Br)c2c1. The molecule has 0 atom stereocenters. The van der Waals surface area contributed by atoms with Crippen molar-refractivity contribution < 1.29 is 9.53 Å². The third-order valence-corrected chi connectivity index (χ3v) is 4.77. The van der Waals surface area contributed by atoms with Gasteiger partial charge in [0, 0.05) is 28.1 Å². The van der Waals surface area contributed by atoms with Gasteiger partial charge in [-0.1, -0.05) is 34.1 Å². The van der Waals surface area contributed by atoms with Gasteiger partial charge in [-0.3, -0.25) is 4.79 Å². The smallest absolute Gasteiger partial charge is 0.224 e. The Labute approximate surface area is 149 Å². The Morgan fingerprint density at radius 2 is 2.04 bits per heavy atom. The van der Waals surface area contributed by atoms with Crippen LogP contribution in [0.25, 0.3) is 10.9 Å². The maximum atomic E-state index is 12.1. The molecule has 3 rings (SSSR count). The third kappa shape index (κ3) is 3.79. The van der Waals surface area contributed by atoms with Crippen molar-refractivity contribution in [1.29, 1.82) is 0 Å². The topological polar surface area (TPSA) is 54.1 Å². The summed E-state index contributed by atoms with van der Waals surface area (Å²) >= 11 is 3.47. The summed E-state index contributed by atoms with van der Waals surface area (Å²) in [7, 11) is 1.66. The molecule has 0 aliphatic carbocycles. The van der Waals surface area contributed by atoms with Crippen LogP contribution in [0.4, 0.5) is 0 Å². The average Bonchev–Trinajstić information content (AvgIpc) is 2.99. The van der Waals surface area contributed by atoms with Gasteiger partial charge in [-0.25, -0.2) is 0 Å². The number of hydrogen-bond donors (Lipinski definition) is 2. The zero-order valence-electron chi connectivity index (χ0n) is 13.4. The minimum absolute atomic E-state index is 0.0271. The number of rotatable bonds is 6. The molecule has 5 heteroatoms. The van der Waals surface area contributed by atoms with Gasteiger partial charge in [-0.15, -0.1) is 0 Å². The highest BCUT2D eigenvalue weighted by atomic mass is 79.9. The lowest BCUT2D eigenvalue weighted by Crippen LogP contribution is -2.27. The fraction of sp³-hybridized carbons (Fsp3) is 0.211. The molecular formula is C19H19BrN2O2. The lowest BCUT2D eigenvalue weighted by molar-refractivity contribution is -0.120. The Morgan fingerprint density at radius 1 is 1.21 bits per heavy atom. The number of hydrogen-bond acceptors (Lipinski definition) is 2. The number of carbonyl (C=O) groups excluding carboxylic acids is 1. The maximum Gasteiger partial charge on any atom is 0.224 e. The van der Waals surface area contributed by atoms with Crippen molar-refractivity contribution in [2.75, 3.05) is 13.7 Å². The summed E-state index contributed by atoms with van der Waals surface area (Å²) in [5.74, 6) is 0.862. The minimum atomic E-state index is 0.0271. The number of amides is 1. The second kappa shape index (κ2) is 7.53. The number of carbonyl (C=O) groups is 1.